The molecule has 1 aromatic rings. The van der Waals surface area contributed by atoms with Crippen LogP contribution in [0.3, 0.4) is 0 Å². The Morgan fingerprint density at radius 2 is 2.14 bits per heavy atom. The minimum Gasteiger partial charge on any atom is -0.329 e. The molecule has 0 spiro atoms. The molecule has 0 radical (unpaired) electrons. The fourth-order valence-corrected chi connectivity index (χ4v) is 1.26. The maximum absolute atomic E-state index is 13.2. The fourth-order valence-electron chi connectivity index (χ4n) is 1.26. The summed E-state index contributed by atoms with van der Waals surface area (Å²) in [6.45, 7) is 2.83. The van der Waals surface area contributed by atoms with E-state index in [1.165, 1.54) is 6.07 Å². The van der Waals surface area contributed by atoms with Crippen LogP contribution < -0.4 is 11.1 Å². The van der Waals surface area contributed by atoms with Crippen molar-refractivity contribution in [1.29, 1.82) is 0 Å². The number of hydrogen-bond acceptors (Lipinski definition) is 2. The molecular weight excluding hydrogens is 186 g/mol. The molecule has 1 atom stereocenters. The van der Waals surface area contributed by atoms with Crippen molar-refractivity contribution in [3.8, 4) is 0 Å². The summed E-state index contributed by atoms with van der Waals surface area (Å²) in [5.74, 6) is -1.60. The predicted molar refractivity (Wildman–Crippen MR) is 51.8 cm³/mol. The quantitative estimate of drug-likeness (QED) is 0.774. The van der Waals surface area contributed by atoms with E-state index in [4.69, 9.17) is 5.73 Å². The lowest BCUT2D eigenvalue weighted by atomic mass is 10.1. The zero-order chi connectivity index (χ0) is 10.6. The summed E-state index contributed by atoms with van der Waals surface area (Å²) in [5.41, 5.74) is 5.62. The van der Waals surface area contributed by atoms with Gasteiger partial charge in [-0.2, -0.15) is 0 Å². The minimum atomic E-state index is -0.816. The number of benzene rings is 1. The monoisotopic (exact) mass is 200 g/mol. The van der Waals surface area contributed by atoms with Crippen LogP contribution in [0.25, 0.3) is 0 Å². The summed E-state index contributed by atoms with van der Waals surface area (Å²) in [5, 5.41) is 2.98. The van der Waals surface area contributed by atoms with Crippen molar-refractivity contribution in [2.75, 3.05) is 13.1 Å². The molecular formula is C10H14F2N2. The fraction of sp³-hybridized carbons (Fsp3) is 0.400. The maximum Gasteiger partial charge on any atom is 0.163 e. The van der Waals surface area contributed by atoms with Crippen LogP contribution in [0, 0.1) is 11.6 Å². The van der Waals surface area contributed by atoms with Crippen molar-refractivity contribution >= 4 is 0 Å². The van der Waals surface area contributed by atoms with Crippen LogP contribution in [0.5, 0.6) is 0 Å². The summed E-state index contributed by atoms with van der Waals surface area (Å²) in [4.78, 5) is 0. The average molecular weight is 200 g/mol. The first-order chi connectivity index (χ1) is 6.66. The van der Waals surface area contributed by atoms with E-state index in [0.29, 0.717) is 18.7 Å². The smallest absolute Gasteiger partial charge is 0.163 e. The molecule has 3 N–H and O–H groups in total. The molecule has 1 aromatic carbocycles. The number of halogens is 2. The lowest BCUT2D eigenvalue weighted by molar-refractivity contribution is 0.475. The highest BCUT2D eigenvalue weighted by atomic mass is 19.2. The van der Waals surface area contributed by atoms with E-state index in [1.807, 2.05) is 0 Å². The van der Waals surface area contributed by atoms with E-state index < -0.39 is 11.6 Å². The van der Waals surface area contributed by atoms with E-state index >= 15 is 0 Å². The van der Waals surface area contributed by atoms with Gasteiger partial charge in [0, 0.05) is 24.7 Å². The van der Waals surface area contributed by atoms with E-state index in [1.54, 1.807) is 13.0 Å². The third kappa shape index (κ3) is 2.49. The molecule has 2 nitrogen and oxygen atoms in total. The van der Waals surface area contributed by atoms with Gasteiger partial charge in [0.25, 0.3) is 0 Å². The zero-order valence-corrected chi connectivity index (χ0v) is 8.06. The highest BCUT2D eigenvalue weighted by Crippen LogP contribution is 2.18. The molecule has 4 heteroatoms. The Balaban J connectivity index is 2.79. The number of rotatable bonds is 4. The summed E-state index contributed by atoms with van der Waals surface area (Å²) in [7, 11) is 0. The second-order valence-corrected chi connectivity index (χ2v) is 3.11. The van der Waals surface area contributed by atoms with Gasteiger partial charge < -0.3 is 11.1 Å². The summed E-state index contributed by atoms with van der Waals surface area (Å²) < 4.78 is 26.1. The van der Waals surface area contributed by atoms with Crippen molar-refractivity contribution in [3.05, 3.63) is 35.4 Å². The molecule has 0 saturated heterocycles. The van der Waals surface area contributed by atoms with Gasteiger partial charge >= 0.3 is 0 Å². The summed E-state index contributed by atoms with van der Waals surface area (Å²) >= 11 is 0. The third-order valence-electron chi connectivity index (χ3n) is 2.04. The van der Waals surface area contributed by atoms with E-state index in [9.17, 15) is 8.78 Å². The number of nitrogens with one attached hydrogen (secondary N) is 1. The van der Waals surface area contributed by atoms with Crippen LogP contribution in [0.15, 0.2) is 18.2 Å². The van der Waals surface area contributed by atoms with Crippen LogP contribution in [-0.4, -0.2) is 13.1 Å². The van der Waals surface area contributed by atoms with Gasteiger partial charge in [0.2, 0.25) is 0 Å². The molecule has 0 aliphatic rings. The SMILES string of the molecule is CC(NCCN)c1cccc(F)c1F. The lowest BCUT2D eigenvalue weighted by Crippen LogP contribution is -2.26. The molecule has 0 aliphatic heterocycles. The molecule has 0 amide bonds. The van der Waals surface area contributed by atoms with Gasteiger partial charge in [-0.1, -0.05) is 12.1 Å². The van der Waals surface area contributed by atoms with Gasteiger partial charge in [-0.15, -0.1) is 0 Å². The Hall–Kier alpha value is -1.00. The van der Waals surface area contributed by atoms with Gasteiger partial charge in [0.1, 0.15) is 0 Å². The van der Waals surface area contributed by atoms with Crippen LogP contribution >= 0.6 is 0 Å². The summed E-state index contributed by atoms with van der Waals surface area (Å²) in [6, 6.07) is 3.93. The third-order valence-corrected chi connectivity index (χ3v) is 2.04. The van der Waals surface area contributed by atoms with Crippen molar-refractivity contribution in [2.45, 2.75) is 13.0 Å². The maximum atomic E-state index is 13.2. The van der Waals surface area contributed by atoms with Crippen molar-refractivity contribution in [3.63, 3.8) is 0 Å². The second kappa shape index (κ2) is 5.02. The Morgan fingerprint density at radius 1 is 1.43 bits per heavy atom. The molecule has 0 aromatic heterocycles. The molecule has 0 aliphatic carbocycles. The second-order valence-electron chi connectivity index (χ2n) is 3.11. The van der Waals surface area contributed by atoms with Gasteiger partial charge in [-0.05, 0) is 13.0 Å². The summed E-state index contributed by atoms with van der Waals surface area (Å²) in [6.07, 6.45) is 0. The molecule has 0 bridgehead atoms. The van der Waals surface area contributed by atoms with Crippen molar-refractivity contribution < 1.29 is 8.78 Å². The van der Waals surface area contributed by atoms with Crippen LogP contribution in [0.2, 0.25) is 0 Å². The molecule has 14 heavy (non-hydrogen) atoms. The van der Waals surface area contributed by atoms with Gasteiger partial charge in [0.15, 0.2) is 11.6 Å². The Morgan fingerprint density at radius 3 is 2.79 bits per heavy atom. The average Bonchev–Trinajstić information content (AvgIpc) is 2.18. The first-order valence-corrected chi connectivity index (χ1v) is 4.54. The molecule has 0 fully saturated rings. The molecule has 1 rings (SSSR count). The van der Waals surface area contributed by atoms with Crippen molar-refractivity contribution in [1.82, 2.24) is 5.32 Å². The minimum absolute atomic E-state index is 0.228. The first kappa shape index (κ1) is 11.1. The van der Waals surface area contributed by atoms with Crippen LogP contribution in [-0.2, 0) is 0 Å². The van der Waals surface area contributed by atoms with E-state index in [0.717, 1.165) is 6.07 Å². The normalized spacial score (nSPS) is 12.9. The van der Waals surface area contributed by atoms with Gasteiger partial charge in [-0.3, -0.25) is 0 Å². The molecule has 78 valence electrons. The predicted octanol–water partition coefficient (Wildman–Crippen LogP) is 1.57. The van der Waals surface area contributed by atoms with E-state index in [2.05, 4.69) is 5.32 Å². The van der Waals surface area contributed by atoms with E-state index in [-0.39, 0.29) is 6.04 Å². The van der Waals surface area contributed by atoms with Crippen molar-refractivity contribution in [2.24, 2.45) is 5.73 Å². The van der Waals surface area contributed by atoms with Gasteiger partial charge in [-0.25, -0.2) is 8.78 Å². The molecule has 0 heterocycles. The Kier molecular flexibility index (Phi) is 3.98. The number of hydrogen-bond donors (Lipinski definition) is 2. The lowest BCUT2D eigenvalue weighted by Gasteiger charge is -2.14. The Bertz CT molecular complexity index is 302. The zero-order valence-electron chi connectivity index (χ0n) is 8.06. The molecule has 0 saturated carbocycles. The standard InChI is InChI=1S/C10H14F2N2/c1-7(14-6-5-13)8-3-2-4-9(11)10(8)12/h2-4,7,14H,5-6,13H2,1H3. The van der Waals surface area contributed by atoms with Crippen LogP contribution in [0.4, 0.5) is 8.78 Å². The molecule has 1 unspecified atom stereocenters. The largest absolute Gasteiger partial charge is 0.329 e. The van der Waals surface area contributed by atoms with Crippen LogP contribution in [0.1, 0.15) is 18.5 Å². The number of nitrogens with two attached hydrogens (primary N) is 1. The topological polar surface area (TPSA) is 38.0 Å². The highest BCUT2D eigenvalue weighted by molar-refractivity contribution is 5.21. The highest BCUT2D eigenvalue weighted by Gasteiger charge is 2.12. The first-order valence-electron chi connectivity index (χ1n) is 4.54. The Labute approximate surface area is 82.1 Å². The van der Waals surface area contributed by atoms with Gasteiger partial charge in [0.05, 0.1) is 0 Å².